The normalized spacial score (nSPS) is 9.58. The molecule has 0 aliphatic heterocycles. The van der Waals surface area contributed by atoms with Crippen LogP contribution in [-0.2, 0) is 0 Å². The fraction of sp³-hybridized carbons (Fsp3) is 0.167. The van der Waals surface area contributed by atoms with Gasteiger partial charge in [0.1, 0.15) is 0 Å². The summed E-state index contributed by atoms with van der Waals surface area (Å²) < 4.78 is 0. The molecule has 0 unspecified atom stereocenters. The Morgan fingerprint density at radius 1 is 1.21 bits per heavy atom. The molecule has 0 aliphatic carbocycles. The molecular weight excluding hydrogens is 306 g/mol. The van der Waals surface area contributed by atoms with Gasteiger partial charge in [0.2, 0.25) is 0 Å². The molecule has 0 aliphatic rings. The molecular formula is C18H17N3O3. The van der Waals surface area contributed by atoms with Crippen molar-refractivity contribution in [1.82, 2.24) is 5.32 Å². The Hall–Kier alpha value is -3.33. The Balaban J connectivity index is 2.12. The third-order valence-electron chi connectivity index (χ3n) is 3.26. The topological polar surface area (TPSA) is 75.5 Å². The van der Waals surface area contributed by atoms with E-state index in [0.717, 1.165) is 5.56 Å². The average molecular weight is 323 g/mol. The first-order valence-electron chi connectivity index (χ1n) is 7.27. The predicted molar refractivity (Wildman–Crippen MR) is 93.1 cm³/mol. The number of benzene rings is 2. The molecule has 0 atom stereocenters. The van der Waals surface area contributed by atoms with Crippen LogP contribution in [0.5, 0.6) is 0 Å². The van der Waals surface area contributed by atoms with Crippen LogP contribution in [0.4, 0.5) is 11.4 Å². The monoisotopic (exact) mass is 323 g/mol. The van der Waals surface area contributed by atoms with Crippen molar-refractivity contribution < 1.29 is 9.72 Å². The van der Waals surface area contributed by atoms with Gasteiger partial charge in [-0.3, -0.25) is 14.9 Å². The Kier molecular flexibility index (Phi) is 5.53. The number of nitro benzene ring substituents is 1. The van der Waals surface area contributed by atoms with Crippen LogP contribution in [0.2, 0.25) is 0 Å². The lowest BCUT2D eigenvalue weighted by molar-refractivity contribution is -0.384. The third-order valence-corrected chi connectivity index (χ3v) is 3.26. The van der Waals surface area contributed by atoms with Crippen LogP contribution in [0.15, 0.2) is 48.5 Å². The van der Waals surface area contributed by atoms with Crippen LogP contribution in [0.25, 0.3) is 0 Å². The molecule has 0 saturated carbocycles. The highest BCUT2D eigenvalue weighted by atomic mass is 16.6. The van der Waals surface area contributed by atoms with Crippen molar-refractivity contribution in [3.63, 3.8) is 0 Å². The molecule has 1 amide bonds. The standard InChI is InChI=1S/C18H17N3O3/c1-20(2)17-11-10-15(21(23)24)13-16(17)18(22)19-12-6-9-14-7-4-3-5-8-14/h3-5,7-8,10-11,13H,12H2,1-2H3,(H,19,22). The summed E-state index contributed by atoms with van der Waals surface area (Å²) in [6.07, 6.45) is 0. The number of carbonyl (C=O) groups excluding carboxylic acids is 1. The van der Waals surface area contributed by atoms with Gasteiger partial charge in [0.25, 0.3) is 11.6 Å². The Morgan fingerprint density at radius 2 is 1.92 bits per heavy atom. The Labute approximate surface area is 140 Å². The summed E-state index contributed by atoms with van der Waals surface area (Å²) >= 11 is 0. The second kappa shape index (κ2) is 7.79. The van der Waals surface area contributed by atoms with Crippen molar-refractivity contribution in [1.29, 1.82) is 0 Å². The van der Waals surface area contributed by atoms with Crippen molar-refractivity contribution >= 4 is 17.3 Å². The molecule has 2 aromatic rings. The summed E-state index contributed by atoms with van der Waals surface area (Å²) in [6, 6.07) is 13.6. The summed E-state index contributed by atoms with van der Waals surface area (Å²) in [5.41, 5.74) is 1.59. The van der Waals surface area contributed by atoms with Crippen LogP contribution < -0.4 is 10.2 Å². The Morgan fingerprint density at radius 3 is 2.54 bits per heavy atom. The number of rotatable bonds is 4. The van der Waals surface area contributed by atoms with E-state index in [2.05, 4.69) is 17.2 Å². The molecule has 0 saturated heterocycles. The van der Waals surface area contributed by atoms with Gasteiger partial charge in [-0.2, -0.15) is 0 Å². The first-order chi connectivity index (χ1) is 11.5. The molecule has 24 heavy (non-hydrogen) atoms. The third kappa shape index (κ3) is 4.34. The fourth-order valence-corrected chi connectivity index (χ4v) is 2.10. The van der Waals surface area contributed by atoms with E-state index in [4.69, 9.17) is 0 Å². The summed E-state index contributed by atoms with van der Waals surface area (Å²) in [5.74, 6) is 5.40. The number of nitrogens with zero attached hydrogens (tertiary/aromatic N) is 2. The summed E-state index contributed by atoms with van der Waals surface area (Å²) in [7, 11) is 3.54. The maximum absolute atomic E-state index is 12.3. The van der Waals surface area contributed by atoms with Crippen molar-refractivity contribution in [2.45, 2.75) is 0 Å². The number of hydrogen-bond acceptors (Lipinski definition) is 4. The number of non-ortho nitro benzene ring substituents is 1. The highest BCUT2D eigenvalue weighted by Gasteiger charge is 2.17. The predicted octanol–water partition coefficient (Wildman–Crippen LogP) is 2.44. The van der Waals surface area contributed by atoms with E-state index in [1.54, 1.807) is 25.1 Å². The van der Waals surface area contributed by atoms with Crippen LogP contribution in [-0.4, -0.2) is 31.5 Å². The molecule has 2 aromatic carbocycles. The quantitative estimate of drug-likeness (QED) is 0.533. The molecule has 6 nitrogen and oxygen atoms in total. The van der Waals surface area contributed by atoms with Gasteiger partial charge in [-0.25, -0.2) is 0 Å². The minimum Gasteiger partial charge on any atom is -0.377 e. The van der Waals surface area contributed by atoms with Crippen molar-refractivity contribution in [3.8, 4) is 11.8 Å². The van der Waals surface area contributed by atoms with Crippen LogP contribution in [0.1, 0.15) is 15.9 Å². The Bertz CT molecular complexity index is 805. The molecule has 0 spiro atoms. The highest BCUT2D eigenvalue weighted by Crippen LogP contribution is 2.24. The van der Waals surface area contributed by atoms with Gasteiger partial charge < -0.3 is 10.2 Å². The first kappa shape index (κ1) is 17.0. The van der Waals surface area contributed by atoms with E-state index in [0.29, 0.717) is 5.69 Å². The van der Waals surface area contributed by atoms with E-state index in [1.165, 1.54) is 12.1 Å². The molecule has 0 radical (unpaired) electrons. The van der Waals surface area contributed by atoms with Gasteiger partial charge in [-0.1, -0.05) is 30.0 Å². The van der Waals surface area contributed by atoms with Crippen molar-refractivity contribution in [2.75, 3.05) is 25.5 Å². The van der Waals surface area contributed by atoms with Crippen LogP contribution in [0.3, 0.4) is 0 Å². The molecule has 1 N–H and O–H groups in total. The van der Waals surface area contributed by atoms with Gasteiger partial charge in [-0.05, 0) is 18.2 Å². The zero-order valence-electron chi connectivity index (χ0n) is 13.4. The first-order valence-corrected chi connectivity index (χ1v) is 7.27. The number of nitro groups is 1. The zero-order chi connectivity index (χ0) is 17.5. The molecule has 0 fully saturated rings. The van der Waals surface area contributed by atoms with Crippen molar-refractivity contribution in [3.05, 3.63) is 69.8 Å². The van der Waals surface area contributed by atoms with Crippen LogP contribution >= 0.6 is 0 Å². The van der Waals surface area contributed by atoms with Crippen LogP contribution in [0, 0.1) is 22.0 Å². The lowest BCUT2D eigenvalue weighted by atomic mass is 10.1. The highest BCUT2D eigenvalue weighted by molar-refractivity contribution is 6.00. The molecule has 6 heteroatoms. The maximum atomic E-state index is 12.3. The van der Waals surface area contributed by atoms with Gasteiger partial charge in [-0.15, -0.1) is 0 Å². The van der Waals surface area contributed by atoms with E-state index < -0.39 is 10.8 Å². The molecule has 122 valence electrons. The number of carbonyl (C=O) groups is 1. The van der Waals surface area contributed by atoms with Gasteiger partial charge in [0, 0.05) is 37.5 Å². The summed E-state index contributed by atoms with van der Waals surface area (Å²) in [4.78, 5) is 24.4. The fourth-order valence-electron chi connectivity index (χ4n) is 2.10. The maximum Gasteiger partial charge on any atom is 0.270 e. The lowest BCUT2D eigenvalue weighted by Gasteiger charge is -2.16. The van der Waals surface area contributed by atoms with E-state index in [9.17, 15) is 14.9 Å². The van der Waals surface area contributed by atoms with Crippen molar-refractivity contribution in [2.24, 2.45) is 0 Å². The minimum atomic E-state index is -0.522. The van der Waals surface area contributed by atoms with Gasteiger partial charge in [0.15, 0.2) is 0 Å². The number of anilines is 1. The molecule has 0 aromatic heterocycles. The average Bonchev–Trinajstić information content (AvgIpc) is 2.58. The van der Waals surface area contributed by atoms with E-state index >= 15 is 0 Å². The van der Waals surface area contributed by atoms with Gasteiger partial charge >= 0.3 is 0 Å². The minimum absolute atomic E-state index is 0.124. The zero-order valence-corrected chi connectivity index (χ0v) is 13.4. The summed E-state index contributed by atoms with van der Waals surface area (Å²) in [5, 5.41) is 13.6. The van der Waals surface area contributed by atoms with E-state index in [1.807, 2.05) is 30.3 Å². The SMILES string of the molecule is CN(C)c1ccc([N+](=O)[O-])cc1C(=O)NCC#Cc1ccccc1. The molecule has 0 bridgehead atoms. The lowest BCUT2D eigenvalue weighted by Crippen LogP contribution is -2.26. The van der Waals surface area contributed by atoms with E-state index in [-0.39, 0.29) is 17.8 Å². The molecule has 2 rings (SSSR count). The molecule has 0 heterocycles. The number of amides is 1. The largest absolute Gasteiger partial charge is 0.377 e. The summed E-state index contributed by atoms with van der Waals surface area (Å²) in [6.45, 7) is 0.156. The second-order valence-corrected chi connectivity index (χ2v) is 5.20. The smallest absolute Gasteiger partial charge is 0.270 e. The second-order valence-electron chi connectivity index (χ2n) is 5.20. The number of nitrogens with one attached hydrogen (secondary N) is 1. The number of hydrogen-bond donors (Lipinski definition) is 1. The van der Waals surface area contributed by atoms with Gasteiger partial charge in [0.05, 0.1) is 17.0 Å².